The fraction of sp³-hybridized carbons (Fsp3) is 0.548. The third-order valence-corrected chi connectivity index (χ3v) is 8.85. The maximum absolute atomic E-state index is 13.7. The zero-order chi connectivity index (χ0) is 32.7. The molecule has 1 aliphatic heterocycles. The summed E-state index contributed by atoms with van der Waals surface area (Å²) in [5.41, 5.74) is 0.840. The molecule has 1 fully saturated rings. The van der Waals surface area contributed by atoms with Gasteiger partial charge >= 0.3 is 41.9 Å². The Labute approximate surface area is 285 Å². The minimum Gasteiger partial charge on any atom is -0.550 e. The molecular weight excluding hydrogens is 625 g/mol. The summed E-state index contributed by atoms with van der Waals surface area (Å²) in [6, 6.07) is 5.19. The van der Waals surface area contributed by atoms with Crippen molar-refractivity contribution in [2.24, 2.45) is 18.9 Å². The predicted octanol–water partition coefficient (Wildman–Crippen LogP) is 2.77. The zero-order valence-corrected chi connectivity index (χ0v) is 28.3. The average Bonchev–Trinajstić information content (AvgIpc) is 3.30. The monoisotopic (exact) mass is 660 g/mol. The van der Waals surface area contributed by atoms with Crippen molar-refractivity contribution in [3.8, 4) is 0 Å². The van der Waals surface area contributed by atoms with Crippen molar-refractivity contribution in [2.75, 3.05) is 22.9 Å². The van der Waals surface area contributed by atoms with E-state index in [9.17, 15) is 36.2 Å². The van der Waals surface area contributed by atoms with E-state index in [2.05, 4.69) is 26.4 Å². The van der Waals surface area contributed by atoms with Gasteiger partial charge in [0.15, 0.2) is 0 Å². The van der Waals surface area contributed by atoms with Crippen molar-refractivity contribution in [3.05, 3.63) is 63.7 Å². The number of rotatable bonds is 7. The molecule has 0 bridgehead atoms. The Morgan fingerprint density at radius 2 is 1.59 bits per heavy atom. The summed E-state index contributed by atoms with van der Waals surface area (Å²) in [7, 11) is 1.53. The normalized spacial score (nSPS) is 20.5. The van der Waals surface area contributed by atoms with E-state index in [4.69, 9.17) is 0 Å². The van der Waals surface area contributed by atoms with Crippen LogP contribution in [0.2, 0.25) is 0 Å². The maximum atomic E-state index is 13.7. The molecule has 2 aromatic carbocycles. The molecule has 0 spiro atoms. The first-order valence-corrected chi connectivity index (χ1v) is 15.0. The van der Waals surface area contributed by atoms with Crippen LogP contribution in [-0.4, -0.2) is 39.3 Å². The van der Waals surface area contributed by atoms with Crippen molar-refractivity contribution in [2.45, 2.75) is 77.3 Å². The number of aliphatic carboxylic acids is 1. The molecule has 2 aliphatic rings. The fourth-order valence-corrected chi connectivity index (χ4v) is 6.84. The molecule has 1 aromatic heterocycles. The third kappa shape index (κ3) is 8.17. The van der Waals surface area contributed by atoms with E-state index in [0.717, 1.165) is 47.4 Å². The number of carbonyl (C=O) groups excluding carboxylic acids is 1. The summed E-state index contributed by atoms with van der Waals surface area (Å²) in [6.07, 6.45) is -6.10. The van der Waals surface area contributed by atoms with Gasteiger partial charge in [0.1, 0.15) is 0 Å². The van der Waals surface area contributed by atoms with Crippen LogP contribution in [-0.2, 0) is 30.7 Å². The van der Waals surface area contributed by atoms with Gasteiger partial charge in [0.05, 0.1) is 24.2 Å². The van der Waals surface area contributed by atoms with Gasteiger partial charge in [-0.1, -0.05) is 22.8 Å². The number of nitrogens with zero attached hydrogens (tertiary/aromatic N) is 6. The van der Waals surface area contributed by atoms with E-state index in [1.54, 1.807) is 4.90 Å². The summed E-state index contributed by atoms with van der Waals surface area (Å²) in [5, 5.41) is 23.7. The summed E-state index contributed by atoms with van der Waals surface area (Å²) in [6.45, 7) is 4.99. The van der Waals surface area contributed by atoms with Crippen molar-refractivity contribution >= 4 is 17.6 Å². The van der Waals surface area contributed by atoms with E-state index >= 15 is 0 Å². The number of tetrazole rings is 1. The van der Waals surface area contributed by atoms with Gasteiger partial charge in [0.25, 0.3) is 5.95 Å². The van der Waals surface area contributed by atoms with Crippen LogP contribution in [0.4, 0.5) is 38.0 Å². The second kappa shape index (κ2) is 14.1. The molecular formula is C31H35F6N6NaO2. The first kappa shape index (κ1) is 36.0. The molecule has 0 radical (unpaired) electrons. The molecule has 0 unspecified atom stereocenters. The van der Waals surface area contributed by atoms with Crippen LogP contribution in [0.25, 0.3) is 0 Å². The first-order valence-electron chi connectivity index (χ1n) is 15.0. The molecule has 15 heteroatoms. The van der Waals surface area contributed by atoms with E-state index < -0.39 is 41.4 Å². The third-order valence-electron chi connectivity index (χ3n) is 8.85. The molecule has 1 saturated carbocycles. The van der Waals surface area contributed by atoms with Crippen LogP contribution in [0.5, 0.6) is 0 Å². The van der Waals surface area contributed by atoms with Crippen molar-refractivity contribution in [3.63, 3.8) is 0 Å². The zero-order valence-electron chi connectivity index (χ0n) is 26.3. The van der Waals surface area contributed by atoms with Crippen LogP contribution in [0.1, 0.15) is 77.9 Å². The number of anilines is 2. The number of carboxylic acids is 1. The topological polar surface area (TPSA) is 90.2 Å². The van der Waals surface area contributed by atoms with Gasteiger partial charge in [-0.05, 0) is 104 Å². The van der Waals surface area contributed by atoms with Gasteiger partial charge in [-0.3, -0.25) is 0 Å². The summed E-state index contributed by atoms with van der Waals surface area (Å²) >= 11 is 0. The molecule has 0 saturated heterocycles. The number of halogens is 6. The predicted molar refractivity (Wildman–Crippen MR) is 152 cm³/mol. The molecule has 1 aliphatic carbocycles. The SMILES string of the molecule is Cc1cc(C)c2c(c1)[C@@H](N(Cc1cc(C(F)(F)F)cc(C(F)(F)F)c1)c1nnn(C)n1)CCCN2CC1CCC(C(=O)[O-])CC1.[Na+]. The number of aromatic nitrogens is 4. The Hall–Kier alpha value is -2.84. The van der Waals surface area contributed by atoms with Crippen LogP contribution in [0.3, 0.4) is 0 Å². The number of carboxylic acid groups (broad SMARTS) is 1. The molecule has 5 rings (SSSR count). The number of hydrogen-bond acceptors (Lipinski definition) is 7. The largest absolute Gasteiger partial charge is 1.00 e. The molecule has 1 atom stereocenters. The van der Waals surface area contributed by atoms with Crippen LogP contribution >= 0.6 is 0 Å². The smallest absolute Gasteiger partial charge is 0.550 e. The molecule has 3 aromatic rings. The van der Waals surface area contributed by atoms with E-state index in [1.165, 1.54) is 11.8 Å². The van der Waals surface area contributed by atoms with Gasteiger partial charge in [0, 0.05) is 31.3 Å². The van der Waals surface area contributed by atoms with Gasteiger partial charge < -0.3 is 19.7 Å². The van der Waals surface area contributed by atoms with Crippen LogP contribution in [0.15, 0.2) is 30.3 Å². The average molecular weight is 661 g/mol. The van der Waals surface area contributed by atoms with Crippen molar-refractivity contribution in [1.82, 2.24) is 20.2 Å². The first-order chi connectivity index (χ1) is 21.1. The van der Waals surface area contributed by atoms with Gasteiger partial charge in [-0.25, -0.2) is 0 Å². The molecule has 2 heterocycles. The number of aryl methyl sites for hydroxylation is 3. The summed E-state index contributed by atoms with van der Waals surface area (Å²) in [4.78, 5) is 16.5. The standard InChI is InChI=1S/C31H36F6N6O2.Na/c1-18-11-19(2)27-25(12-18)26(5-4-10-42(27)16-20-6-8-22(9-7-20)28(44)45)43(29-38-40-41(3)39-29)17-21-13-23(30(32,33)34)15-24(14-21)31(35,36)37;/h11-15,20,22,26H,4-10,16-17H2,1-3H3,(H,44,45);/q;+1/p-1/t20?,22?,26-;/m0./s1. The van der Waals surface area contributed by atoms with Gasteiger partial charge in [0.2, 0.25) is 0 Å². The second-order valence-electron chi connectivity index (χ2n) is 12.3. The second-order valence-corrected chi connectivity index (χ2v) is 12.3. The van der Waals surface area contributed by atoms with Gasteiger partial charge in [-0.2, -0.15) is 31.1 Å². The molecule has 8 nitrogen and oxygen atoms in total. The summed E-state index contributed by atoms with van der Waals surface area (Å²) < 4.78 is 82.4. The number of hydrogen-bond donors (Lipinski definition) is 0. The van der Waals surface area contributed by atoms with E-state index in [1.807, 2.05) is 19.9 Å². The molecule has 0 amide bonds. The van der Waals surface area contributed by atoms with Crippen molar-refractivity contribution in [1.29, 1.82) is 0 Å². The molecule has 46 heavy (non-hydrogen) atoms. The van der Waals surface area contributed by atoms with Crippen molar-refractivity contribution < 1.29 is 65.8 Å². The quantitative estimate of drug-likeness (QED) is 0.285. The van der Waals surface area contributed by atoms with E-state index in [-0.39, 0.29) is 59.6 Å². The van der Waals surface area contributed by atoms with Crippen LogP contribution < -0.4 is 44.5 Å². The van der Waals surface area contributed by atoms with Crippen LogP contribution in [0, 0.1) is 25.7 Å². The Balaban J connectivity index is 0.00000480. The Morgan fingerprint density at radius 3 is 2.13 bits per heavy atom. The Bertz CT molecular complexity index is 1500. The Kier molecular flexibility index (Phi) is 11.0. The number of carbonyl (C=O) groups is 1. The maximum Gasteiger partial charge on any atom is 1.00 e. The minimum atomic E-state index is -4.98. The minimum absolute atomic E-state index is 0. The molecule has 0 N–H and O–H groups in total. The van der Waals surface area contributed by atoms with Gasteiger partial charge in [-0.15, -0.1) is 5.10 Å². The molecule has 244 valence electrons. The Morgan fingerprint density at radius 1 is 0.957 bits per heavy atom. The number of alkyl halides is 6. The summed E-state index contributed by atoms with van der Waals surface area (Å²) in [5.74, 6) is -1.08. The fourth-order valence-electron chi connectivity index (χ4n) is 6.84. The number of fused-ring (bicyclic) bond motifs is 1. The number of benzene rings is 2. The van der Waals surface area contributed by atoms with E-state index in [0.29, 0.717) is 38.8 Å².